The Morgan fingerprint density at radius 2 is 2.06 bits per heavy atom. The number of nitrogens with zero attached hydrogens (tertiary/aromatic N) is 1. The Labute approximate surface area is 99.8 Å². The number of thioether (sulfide) groups is 1. The van der Waals surface area contributed by atoms with Crippen molar-refractivity contribution in [2.75, 3.05) is 11.9 Å². The molecule has 0 saturated heterocycles. The zero-order valence-electron chi connectivity index (χ0n) is 9.95. The Morgan fingerprint density at radius 1 is 1.44 bits per heavy atom. The third-order valence-electron chi connectivity index (χ3n) is 2.57. The SMILES string of the molecule is Cc1cc(N(C)C(C)C)c(SC=O)cc1F. The van der Waals surface area contributed by atoms with Crippen molar-refractivity contribution in [2.24, 2.45) is 0 Å². The molecular formula is C12H16FNOS. The molecule has 0 aliphatic heterocycles. The number of rotatable bonds is 4. The lowest BCUT2D eigenvalue weighted by molar-refractivity contribution is 0.570. The van der Waals surface area contributed by atoms with Gasteiger partial charge < -0.3 is 4.90 Å². The molecule has 0 N–H and O–H groups in total. The van der Waals surface area contributed by atoms with Gasteiger partial charge in [0.25, 0.3) is 0 Å². The molecule has 1 aromatic carbocycles. The maximum atomic E-state index is 13.4. The van der Waals surface area contributed by atoms with Crippen molar-refractivity contribution in [3.05, 3.63) is 23.5 Å². The van der Waals surface area contributed by atoms with Gasteiger partial charge in [0.1, 0.15) is 5.82 Å². The predicted octanol–water partition coefficient (Wildman–Crippen LogP) is 3.26. The molecule has 0 aliphatic carbocycles. The average Bonchev–Trinajstić information content (AvgIpc) is 2.22. The highest BCUT2D eigenvalue weighted by Crippen LogP contribution is 2.31. The number of hydrogen-bond acceptors (Lipinski definition) is 3. The van der Waals surface area contributed by atoms with Crippen LogP contribution in [0.15, 0.2) is 17.0 Å². The molecular weight excluding hydrogens is 225 g/mol. The second kappa shape index (κ2) is 5.34. The van der Waals surface area contributed by atoms with Gasteiger partial charge in [0.05, 0.1) is 5.69 Å². The van der Waals surface area contributed by atoms with Crippen LogP contribution < -0.4 is 4.90 Å². The van der Waals surface area contributed by atoms with Crippen LogP contribution in [0.4, 0.5) is 10.1 Å². The lowest BCUT2D eigenvalue weighted by Gasteiger charge is -2.26. The van der Waals surface area contributed by atoms with E-state index in [2.05, 4.69) is 0 Å². The number of aryl methyl sites for hydroxylation is 1. The highest BCUT2D eigenvalue weighted by atomic mass is 32.2. The quantitative estimate of drug-likeness (QED) is 0.596. The predicted molar refractivity (Wildman–Crippen MR) is 67.3 cm³/mol. The van der Waals surface area contributed by atoms with Crippen LogP contribution in [0.3, 0.4) is 0 Å². The molecule has 0 saturated carbocycles. The minimum absolute atomic E-state index is 0.273. The van der Waals surface area contributed by atoms with Gasteiger partial charge in [-0.3, -0.25) is 4.79 Å². The van der Waals surface area contributed by atoms with E-state index in [9.17, 15) is 9.18 Å². The summed E-state index contributed by atoms with van der Waals surface area (Å²) < 4.78 is 13.4. The Morgan fingerprint density at radius 3 is 2.56 bits per heavy atom. The fraction of sp³-hybridized carbons (Fsp3) is 0.417. The first-order chi connectivity index (χ1) is 7.47. The fourth-order valence-electron chi connectivity index (χ4n) is 1.35. The molecule has 88 valence electrons. The van der Waals surface area contributed by atoms with Crippen molar-refractivity contribution in [2.45, 2.75) is 31.7 Å². The molecule has 4 heteroatoms. The summed E-state index contributed by atoms with van der Waals surface area (Å²) >= 11 is 1.01. The summed E-state index contributed by atoms with van der Waals surface area (Å²) in [5.74, 6) is -0.273. The zero-order valence-corrected chi connectivity index (χ0v) is 10.8. The summed E-state index contributed by atoms with van der Waals surface area (Å²) in [6, 6.07) is 3.50. The maximum absolute atomic E-state index is 13.4. The summed E-state index contributed by atoms with van der Waals surface area (Å²) in [5, 5.41) is 0. The molecule has 1 aromatic rings. The van der Waals surface area contributed by atoms with E-state index in [1.165, 1.54) is 6.07 Å². The second-order valence-electron chi connectivity index (χ2n) is 3.99. The van der Waals surface area contributed by atoms with Gasteiger partial charge in [0.15, 0.2) is 5.62 Å². The number of anilines is 1. The van der Waals surface area contributed by atoms with Crippen LogP contribution in [0.1, 0.15) is 19.4 Å². The molecule has 0 heterocycles. The summed E-state index contributed by atoms with van der Waals surface area (Å²) in [4.78, 5) is 13.2. The van der Waals surface area contributed by atoms with Crippen LogP contribution in [0.25, 0.3) is 0 Å². The number of carbonyl (C=O) groups excluding carboxylic acids is 1. The molecule has 0 spiro atoms. The normalized spacial score (nSPS) is 10.6. The van der Waals surface area contributed by atoms with Crippen molar-refractivity contribution >= 4 is 23.1 Å². The molecule has 0 radical (unpaired) electrons. The fourth-order valence-corrected chi connectivity index (χ4v) is 1.95. The number of hydrogen-bond donors (Lipinski definition) is 0. The van der Waals surface area contributed by atoms with Gasteiger partial charge in [-0.1, -0.05) is 11.8 Å². The molecule has 0 bridgehead atoms. The van der Waals surface area contributed by atoms with Gasteiger partial charge in [-0.05, 0) is 38.5 Å². The van der Waals surface area contributed by atoms with E-state index in [-0.39, 0.29) is 5.82 Å². The van der Waals surface area contributed by atoms with Crippen LogP contribution in [-0.4, -0.2) is 18.7 Å². The van der Waals surface area contributed by atoms with Crippen LogP contribution in [-0.2, 0) is 4.79 Å². The number of halogens is 1. The average molecular weight is 241 g/mol. The summed E-state index contributed by atoms with van der Waals surface area (Å²) in [7, 11) is 1.94. The van der Waals surface area contributed by atoms with Crippen LogP contribution in [0.5, 0.6) is 0 Å². The summed E-state index contributed by atoms with van der Waals surface area (Å²) in [5.41, 5.74) is 2.21. The van der Waals surface area contributed by atoms with Crippen molar-refractivity contribution in [3.8, 4) is 0 Å². The Hall–Kier alpha value is -1.03. The number of benzene rings is 1. The molecule has 0 aromatic heterocycles. The van der Waals surface area contributed by atoms with Crippen LogP contribution in [0.2, 0.25) is 0 Å². The first kappa shape index (κ1) is 13.0. The summed E-state index contributed by atoms with van der Waals surface area (Å²) in [6.07, 6.45) is 0. The standard InChI is InChI=1S/C12H16FNOS/c1-8(2)14(4)11-5-9(3)10(13)6-12(11)16-7-15/h5-8H,1-4H3. The van der Waals surface area contributed by atoms with Gasteiger partial charge >= 0.3 is 0 Å². The number of carbonyl (C=O) groups is 1. The molecule has 0 fully saturated rings. The Balaban J connectivity index is 3.23. The van der Waals surface area contributed by atoms with Gasteiger partial charge in [-0.2, -0.15) is 0 Å². The lowest BCUT2D eigenvalue weighted by atomic mass is 10.2. The molecule has 16 heavy (non-hydrogen) atoms. The van der Waals surface area contributed by atoms with Gasteiger partial charge in [0, 0.05) is 18.0 Å². The molecule has 0 atom stereocenters. The van der Waals surface area contributed by atoms with Crippen LogP contribution >= 0.6 is 11.8 Å². The monoisotopic (exact) mass is 241 g/mol. The highest BCUT2D eigenvalue weighted by Gasteiger charge is 2.13. The third kappa shape index (κ3) is 2.76. The zero-order chi connectivity index (χ0) is 12.3. The second-order valence-corrected chi connectivity index (χ2v) is 4.86. The largest absolute Gasteiger partial charge is 0.371 e. The highest BCUT2D eigenvalue weighted by molar-refractivity contribution is 8.12. The molecule has 0 unspecified atom stereocenters. The third-order valence-corrected chi connectivity index (χ3v) is 3.25. The molecule has 2 nitrogen and oxygen atoms in total. The smallest absolute Gasteiger partial charge is 0.181 e. The first-order valence-corrected chi connectivity index (χ1v) is 5.98. The van der Waals surface area contributed by atoms with E-state index in [1.54, 1.807) is 13.0 Å². The van der Waals surface area contributed by atoms with Gasteiger partial charge in [0.2, 0.25) is 0 Å². The first-order valence-electron chi connectivity index (χ1n) is 5.10. The summed E-state index contributed by atoms with van der Waals surface area (Å²) in [6.45, 7) is 5.82. The Kier molecular flexibility index (Phi) is 4.35. The van der Waals surface area contributed by atoms with Crippen LogP contribution in [0, 0.1) is 12.7 Å². The molecule has 0 amide bonds. The minimum Gasteiger partial charge on any atom is -0.371 e. The molecule has 1 rings (SSSR count). The van der Waals surface area contributed by atoms with Crippen molar-refractivity contribution < 1.29 is 9.18 Å². The van der Waals surface area contributed by atoms with E-state index >= 15 is 0 Å². The van der Waals surface area contributed by atoms with Crippen molar-refractivity contribution in [1.29, 1.82) is 0 Å². The Bertz CT molecular complexity index is 393. The van der Waals surface area contributed by atoms with E-state index in [1.807, 2.05) is 25.8 Å². The minimum atomic E-state index is -0.273. The topological polar surface area (TPSA) is 20.3 Å². The van der Waals surface area contributed by atoms with Gasteiger partial charge in [-0.15, -0.1) is 0 Å². The van der Waals surface area contributed by atoms with Crippen molar-refractivity contribution in [3.63, 3.8) is 0 Å². The van der Waals surface area contributed by atoms with Crippen molar-refractivity contribution in [1.82, 2.24) is 0 Å². The maximum Gasteiger partial charge on any atom is 0.181 e. The van der Waals surface area contributed by atoms with E-state index in [4.69, 9.17) is 0 Å². The van der Waals surface area contributed by atoms with E-state index in [0.29, 0.717) is 16.5 Å². The lowest BCUT2D eigenvalue weighted by Crippen LogP contribution is -2.26. The van der Waals surface area contributed by atoms with E-state index in [0.717, 1.165) is 23.1 Å². The molecule has 0 aliphatic rings. The van der Waals surface area contributed by atoms with E-state index < -0.39 is 0 Å². The van der Waals surface area contributed by atoms with Gasteiger partial charge in [-0.25, -0.2) is 4.39 Å².